The number of nitrogens with one attached hydrogen (secondary N) is 1. The Labute approximate surface area is 137 Å². The van der Waals surface area contributed by atoms with E-state index in [1.54, 1.807) is 6.20 Å². The van der Waals surface area contributed by atoms with Crippen LogP contribution in [0.3, 0.4) is 0 Å². The summed E-state index contributed by atoms with van der Waals surface area (Å²) in [6.07, 6.45) is 3.51. The van der Waals surface area contributed by atoms with Gasteiger partial charge in [0, 0.05) is 29.1 Å². The lowest BCUT2D eigenvalue weighted by Crippen LogP contribution is -2.30. The monoisotopic (exact) mass is 362 g/mol. The van der Waals surface area contributed by atoms with E-state index in [1.165, 1.54) is 0 Å². The first-order chi connectivity index (χ1) is 10.5. The number of halogens is 1. The van der Waals surface area contributed by atoms with Crippen LogP contribution >= 0.6 is 15.9 Å². The van der Waals surface area contributed by atoms with Crippen molar-refractivity contribution in [1.29, 1.82) is 0 Å². The van der Waals surface area contributed by atoms with Gasteiger partial charge in [-0.25, -0.2) is 0 Å². The quantitative estimate of drug-likeness (QED) is 0.908. The highest BCUT2D eigenvalue weighted by atomic mass is 79.9. The van der Waals surface area contributed by atoms with Crippen molar-refractivity contribution < 1.29 is 4.79 Å². The number of carbonyl (C=O) groups excluding carboxylic acids is 1. The Balaban J connectivity index is 2.01. The summed E-state index contributed by atoms with van der Waals surface area (Å²) in [6.45, 7) is 5.62. The zero-order valence-electron chi connectivity index (χ0n) is 12.8. The standard InChI is InChI=1S/C17H19BrN2O2/c1-10(2)3-5-19-17(22)14-9-20-6-4-11-7-12(18)8-13(15(11)20)16(14)21/h7-10H,3-6H2,1-2H3,(H,19,22). The van der Waals surface area contributed by atoms with E-state index in [2.05, 4.69) is 35.1 Å². The number of aromatic nitrogens is 1. The van der Waals surface area contributed by atoms with Crippen LogP contribution in [-0.4, -0.2) is 17.0 Å². The number of rotatable bonds is 4. The summed E-state index contributed by atoms with van der Waals surface area (Å²) in [7, 11) is 0. The Hall–Kier alpha value is -1.62. The van der Waals surface area contributed by atoms with Gasteiger partial charge in [-0.1, -0.05) is 29.8 Å². The van der Waals surface area contributed by atoms with Gasteiger partial charge in [0.05, 0.1) is 5.52 Å². The second-order valence-corrected chi connectivity index (χ2v) is 7.13. The fraction of sp³-hybridized carbons (Fsp3) is 0.412. The van der Waals surface area contributed by atoms with Gasteiger partial charge in [-0.2, -0.15) is 0 Å². The highest BCUT2D eigenvalue weighted by molar-refractivity contribution is 9.10. The van der Waals surface area contributed by atoms with Crippen molar-refractivity contribution in [1.82, 2.24) is 9.88 Å². The topological polar surface area (TPSA) is 51.1 Å². The van der Waals surface area contributed by atoms with Gasteiger partial charge in [-0.3, -0.25) is 9.59 Å². The van der Waals surface area contributed by atoms with Gasteiger partial charge in [0.25, 0.3) is 5.91 Å². The summed E-state index contributed by atoms with van der Waals surface area (Å²) in [5.41, 5.74) is 2.18. The molecule has 22 heavy (non-hydrogen) atoms. The van der Waals surface area contributed by atoms with Crippen molar-refractivity contribution in [2.45, 2.75) is 33.2 Å². The van der Waals surface area contributed by atoms with Crippen LogP contribution in [0.2, 0.25) is 0 Å². The lowest BCUT2D eigenvalue weighted by atomic mass is 10.1. The minimum atomic E-state index is -0.273. The van der Waals surface area contributed by atoms with E-state index >= 15 is 0 Å². The molecule has 0 saturated heterocycles. The summed E-state index contributed by atoms with van der Waals surface area (Å²) >= 11 is 3.45. The predicted octanol–water partition coefficient (Wildman–Crippen LogP) is 3.10. The number of carbonyl (C=O) groups is 1. The molecule has 3 rings (SSSR count). The van der Waals surface area contributed by atoms with E-state index in [1.807, 2.05) is 16.7 Å². The number of nitrogens with zero attached hydrogens (tertiary/aromatic N) is 1. The smallest absolute Gasteiger partial charge is 0.256 e. The van der Waals surface area contributed by atoms with E-state index in [0.717, 1.165) is 34.9 Å². The van der Waals surface area contributed by atoms with Crippen molar-refractivity contribution in [3.8, 4) is 0 Å². The van der Waals surface area contributed by atoms with Crippen LogP contribution in [-0.2, 0) is 13.0 Å². The lowest BCUT2D eigenvalue weighted by molar-refractivity contribution is 0.0950. The number of benzene rings is 1. The molecule has 116 valence electrons. The molecule has 0 saturated carbocycles. The zero-order chi connectivity index (χ0) is 15.9. The van der Waals surface area contributed by atoms with E-state index in [-0.39, 0.29) is 16.9 Å². The maximum absolute atomic E-state index is 12.7. The molecule has 0 atom stereocenters. The molecule has 0 spiro atoms. The Kier molecular flexibility index (Phi) is 4.08. The number of hydrogen-bond acceptors (Lipinski definition) is 2. The van der Waals surface area contributed by atoms with E-state index < -0.39 is 0 Å². The van der Waals surface area contributed by atoms with Crippen LogP contribution < -0.4 is 10.7 Å². The molecule has 2 heterocycles. The average molecular weight is 363 g/mol. The Morgan fingerprint density at radius 2 is 2.18 bits per heavy atom. The third-order valence-corrected chi connectivity index (χ3v) is 4.55. The third-order valence-electron chi connectivity index (χ3n) is 4.09. The molecule has 1 aromatic carbocycles. The van der Waals surface area contributed by atoms with Gasteiger partial charge < -0.3 is 9.88 Å². The van der Waals surface area contributed by atoms with Crippen LogP contribution in [0.1, 0.15) is 36.2 Å². The molecule has 2 aromatic rings. The zero-order valence-corrected chi connectivity index (χ0v) is 14.4. The average Bonchev–Trinajstić information content (AvgIpc) is 2.85. The van der Waals surface area contributed by atoms with Crippen LogP contribution in [0.25, 0.3) is 10.9 Å². The highest BCUT2D eigenvalue weighted by Crippen LogP contribution is 2.28. The first kappa shape index (κ1) is 15.3. The van der Waals surface area contributed by atoms with Gasteiger partial charge in [-0.15, -0.1) is 0 Å². The summed E-state index contributed by atoms with van der Waals surface area (Å²) in [4.78, 5) is 25.0. The van der Waals surface area contributed by atoms with Crippen molar-refractivity contribution in [2.24, 2.45) is 5.92 Å². The first-order valence-electron chi connectivity index (χ1n) is 7.61. The molecule has 0 aliphatic carbocycles. The van der Waals surface area contributed by atoms with Crippen molar-refractivity contribution in [2.75, 3.05) is 6.54 Å². The van der Waals surface area contributed by atoms with Gasteiger partial charge in [0.1, 0.15) is 5.56 Å². The largest absolute Gasteiger partial charge is 0.352 e. The maximum Gasteiger partial charge on any atom is 0.256 e. The molecule has 0 fully saturated rings. The van der Waals surface area contributed by atoms with E-state index in [0.29, 0.717) is 17.8 Å². The highest BCUT2D eigenvalue weighted by Gasteiger charge is 2.21. The molecule has 1 aliphatic heterocycles. The van der Waals surface area contributed by atoms with Crippen molar-refractivity contribution in [3.05, 3.63) is 44.2 Å². The molecule has 5 heteroatoms. The van der Waals surface area contributed by atoms with Crippen molar-refractivity contribution in [3.63, 3.8) is 0 Å². The second kappa shape index (κ2) is 5.88. The van der Waals surface area contributed by atoms with Crippen LogP contribution in [0.15, 0.2) is 27.6 Å². The van der Waals surface area contributed by atoms with Crippen LogP contribution in [0.5, 0.6) is 0 Å². The summed E-state index contributed by atoms with van der Waals surface area (Å²) in [6, 6.07) is 3.86. The molecule has 1 aromatic heterocycles. The van der Waals surface area contributed by atoms with E-state index in [9.17, 15) is 9.59 Å². The second-order valence-electron chi connectivity index (χ2n) is 6.21. The molecular weight excluding hydrogens is 344 g/mol. The molecule has 0 unspecified atom stereocenters. The Morgan fingerprint density at radius 1 is 1.41 bits per heavy atom. The molecule has 1 amide bonds. The summed E-state index contributed by atoms with van der Waals surface area (Å²) in [5, 5.41) is 3.48. The van der Waals surface area contributed by atoms with E-state index in [4.69, 9.17) is 0 Å². The Bertz CT molecular complexity index is 808. The maximum atomic E-state index is 12.7. The SMILES string of the molecule is CC(C)CCNC(=O)c1cn2c3c(cc(Br)cc3c1=O)CC2. The predicted molar refractivity (Wildman–Crippen MR) is 91.4 cm³/mol. The number of hydrogen-bond donors (Lipinski definition) is 1. The summed E-state index contributed by atoms with van der Waals surface area (Å²) < 4.78 is 2.91. The van der Waals surface area contributed by atoms with Gasteiger partial charge in [-0.05, 0) is 36.5 Å². The molecule has 0 radical (unpaired) electrons. The Morgan fingerprint density at radius 3 is 2.91 bits per heavy atom. The normalized spacial score (nSPS) is 13.1. The third kappa shape index (κ3) is 2.70. The number of aryl methyl sites for hydroxylation is 2. The fourth-order valence-electron chi connectivity index (χ4n) is 2.93. The molecule has 4 nitrogen and oxygen atoms in total. The van der Waals surface area contributed by atoms with Gasteiger partial charge >= 0.3 is 0 Å². The van der Waals surface area contributed by atoms with Crippen molar-refractivity contribution >= 4 is 32.7 Å². The molecule has 0 bridgehead atoms. The fourth-order valence-corrected chi connectivity index (χ4v) is 3.44. The molecular formula is C17H19BrN2O2. The molecule has 1 aliphatic rings. The number of pyridine rings is 1. The first-order valence-corrected chi connectivity index (χ1v) is 8.40. The minimum absolute atomic E-state index is 0.183. The van der Waals surface area contributed by atoms with Gasteiger partial charge in [0.15, 0.2) is 0 Å². The van der Waals surface area contributed by atoms with Crippen LogP contribution in [0.4, 0.5) is 0 Å². The summed E-state index contributed by atoms with van der Waals surface area (Å²) in [5.74, 6) is 0.249. The van der Waals surface area contributed by atoms with Gasteiger partial charge in [0.2, 0.25) is 5.43 Å². The van der Waals surface area contributed by atoms with Crippen LogP contribution in [0, 0.1) is 5.92 Å². The molecule has 1 N–H and O–H groups in total. The number of amides is 1. The lowest BCUT2D eigenvalue weighted by Gasteiger charge is -2.10. The minimum Gasteiger partial charge on any atom is -0.352 e.